The Morgan fingerprint density at radius 3 is 2.28 bits per heavy atom. The molecular formula is C22H30N2O. The maximum absolute atomic E-state index is 12.1. The minimum absolute atomic E-state index is 0.0245. The van der Waals surface area contributed by atoms with E-state index >= 15 is 0 Å². The van der Waals surface area contributed by atoms with Gasteiger partial charge in [-0.1, -0.05) is 75.1 Å². The van der Waals surface area contributed by atoms with Crippen molar-refractivity contribution in [2.75, 3.05) is 5.32 Å². The van der Waals surface area contributed by atoms with Gasteiger partial charge in [-0.3, -0.25) is 0 Å². The lowest BCUT2D eigenvalue weighted by molar-refractivity contribution is 0.249. The van der Waals surface area contributed by atoms with Crippen LogP contribution in [0.4, 0.5) is 10.5 Å². The number of unbranched alkanes of at least 4 members (excludes halogenated alkanes) is 4. The van der Waals surface area contributed by atoms with Gasteiger partial charge in [0, 0.05) is 5.69 Å². The first-order chi connectivity index (χ1) is 12.2. The van der Waals surface area contributed by atoms with E-state index in [9.17, 15) is 4.79 Å². The number of aryl methyl sites for hydroxylation is 1. The number of rotatable bonds is 9. The Balaban J connectivity index is 1.75. The van der Waals surface area contributed by atoms with Crippen LogP contribution in [0.25, 0.3) is 0 Å². The van der Waals surface area contributed by atoms with Gasteiger partial charge >= 0.3 is 6.03 Å². The van der Waals surface area contributed by atoms with Crippen LogP contribution >= 0.6 is 0 Å². The number of carbonyl (C=O) groups is 1. The van der Waals surface area contributed by atoms with Gasteiger partial charge in [0.25, 0.3) is 0 Å². The van der Waals surface area contributed by atoms with E-state index in [1.165, 1.54) is 37.7 Å². The minimum Gasteiger partial charge on any atom is -0.331 e. The second kappa shape index (κ2) is 10.5. The molecule has 1 atom stereocenters. The zero-order valence-corrected chi connectivity index (χ0v) is 15.4. The van der Waals surface area contributed by atoms with Crippen molar-refractivity contribution in [1.82, 2.24) is 5.32 Å². The van der Waals surface area contributed by atoms with Crippen LogP contribution in [0.1, 0.15) is 63.1 Å². The van der Waals surface area contributed by atoms with Crippen LogP contribution in [0, 0.1) is 0 Å². The molecule has 0 aliphatic rings. The van der Waals surface area contributed by atoms with Crippen molar-refractivity contribution in [3.63, 3.8) is 0 Å². The van der Waals surface area contributed by atoms with E-state index in [1.807, 2.05) is 49.4 Å². The molecule has 2 aromatic rings. The highest BCUT2D eigenvalue weighted by atomic mass is 16.2. The Hall–Kier alpha value is -2.29. The van der Waals surface area contributed by atoms with E-state index in [0.717, 1.165) is 17.7 Å². The lowest BCUT2D eigenvalue weighted by atomic mass is 10.1. The summed E-state index contributed by atoms with van der Waals surface area (Å²) < 4.78 is 0. The minimum atomic E-state index is -0.177. The third-order valence-electron chi connectivity index (χ3n) is 4.43. The van der Waals surface area contributed by atoms with Crippen molar-refractivity contribution in [2.24, 2.45) is 0 Å². The smallest absolute Gasteiger partial charge is 0.319 e. The number of nitrogens with one attached hydrogen (secondary N) is 2. The topological polar surface area (TPSA) is 41.1 Å². The van der Waals surface area contributed by atoms with Crippen LogP contribution in [-0.4, -0.2) is 6.03 Å². The molecule has 0 heterocycles. The summed E-state index contributed by atoms with van der Waals surface area (Å²) in [5, 5.41) is 5.87. The molecule has 0 saturated heterocycles. The maximum atomic E-state index is 12.1. The highest BCUT2D eigenvalue weighted by molar-refractivity contribution is 5.89. The molecule has 2 rings (SSSR count). The van der Waals surface area contributed by atoms with Crippen LogP contribution in [0.5, 0.6) is 0 Å². The van der Waals surface area contributed by atoms with E-state index in [0.29, 0.717) is 0 Å². The third-order valence-corrected chi connectivity index (χ3v) is 4.43. The number of amides is 2. The van der Waals surface area contributed by atoms with E-state index in [1.54, 1.807) is 0 Å². The molecule has 0 saturated carbocycles. The van der Waals surface area contributed by atoms with Gasteiger partial charge in [-0.05, 0) is 43.0 Å². The van der Waals surface area contributed by atoms with Crippen molar-refractivity contribution in [2.45, 2.75) is 58.4 Å². The molecule has 0 radical (unpaired) electrons. The zero-order chi connectivity index (χ0) is 17.9. The van der Waals surface area contributed by atoms with Gasteiger partial charge in [0.2, 0.25) is 0 Å². The van der Waals surface area contributed by atoms with E-state index in [2.05, 4.69) is 29.7 Å². The van der Waals surface area contributed by atoms with Crippen LogP contribution in [0.2, 0.25) is 0 Å². The van der Waals surface area contributed by atoms with E-state index < -0.39 is 0 Å². The Kier molecular flexibility index (Phi) is 8.03. The van der Waals surface area contributed by atoms with E-state index in [4.69, 9.17) is 0 Å². The van der Waals surface area contributed by atoms with Gasteiger partial charge in [-0.25, -0.2) is 4.79 Å². The van der Waals surface area contributed by atoms with Gasteiger partial charge in [0.15, 0.2) is 0 Å². The average Bonchev–Trinajstić information content (AvgIpc) is 2.63. The van der Waals surface area contributed by atoms with Crippen LogP contribution in [-0.2, 0) is 6.42 Å². The van der Waals surface area contributed by atoms with Gasteiger partial charge < -0.3 is 10.6 Å². The van der Waals surface area contributed by atoms with E-state index in [-0.39, 0.29) is 12.1 Å². The normalized spacial score (nSPS) is 11.8. The molecule has 0 aliphatic heterocycles. The molecule has 2 N–H and O–H groups in total. The Morgan fingerprint density at radius 1 is 0.920 bits per heavy atom. The SMILES string of the molecule is CCCCCCCc1ccc(NC(=O)N[C@@H](C)c2ccccc2)cc1. The van der Waals surface area contributed by atoms with Crippen molar-refractivity contribution in [1.29, 1.82) is 0 Å². The lowest BCUT2D eigenvalue weighted by Crippen LogP contribution is -2.31. The summed E-state index contributed by atoms with van der Waals surface area (Å²) in [5.41, 5.74) is 3.25. The fourth-order valence-electron chi connectivity index (χ4n) is 2.88. The standard InChI is InChI=1S/C22H30N2O/c1-3-4-5-6-8-11-19-14-16-21(17-15-19)24-22(25)23-18(2)20-12-9-7-10-13-20/h7,9-10,12-18H,3-6,8,11H2,1-2H3,(H2,23,24,25)/t18-/m0/s1. The summed E-state index contributed by atoms with van der Waals surface area (Å²) in [7, 11) is 0. The number of benzene rings is 2. The molecule has 2 amide bonds. The number of urea groups is 1. The quantitative estimate of drug-likeness (QED) is 0.534. The summed E-state index contributed by atoms with van der Waals surface area (Å²) in [6, 6.07) is 17.9. The number of anilines is 1. The monoisotopic (exact) mass is 338 g/mol. The van der Waals surface area contributed by atoms with Gasteiger partial charge in [0.1, 0.15) is 0 Å². The molecule has 0 unspecified atom stereocenters. The molecule has 2 aromatic carbocycles. The van der Waals surface area contributed by atoms with Crippen molar-refractivity contribution in [3.05, 3.63) is 65.7 Å². The summed E-state index contributed by atoms with van der Waals surface area (Å²) in [6.45, 7) is 4.22. The Labute approximate surface area is 151 Å². The fraction of sp³-hybridized carbons (Fsp3) is 0.409. The predicted molar refractivity (Wildman–Crippen MR) is 106 cm³/mol. The lowest BCUT2D eigenvalue weighted by Gasteiger charge is -2.15. The maximum Gasteiger partial charge on any atom is 0.319 e. The summed E-state index contributed by atoms with van der Waals surface area (Å²) in [6.07, 6.45) is 7.59. The molecule has 25 heavy (non-hydrogen) atoms. The molecule has 134 valence electrons. The Morgan fingerprint density at radius 2 is 1.60 bits per heavy atom. The van der Waals surface area contributed by atoms with Crippen LogP contribution < -0.4 is 10.6 Å². The summed E-state index contributed by atoms with van der Waals surface area (Å²) in [4.78, 5) is 12.1. The average molecular weight is 338 g/mol. The third kappa shape index (κ3) is 7.00. The van der Waals surface area contributed by atoms with Gasteiger partial charge in [-0.15, -0.1) is 0 Å². The molecule has 3 nitrogen and oxygen atoms in total. The molecule has 0 spiro atoms. The first-order valence-electron chi connectivity index (χ1n) is 9.40. The van der Waals surface area contributed by atoms with Crippen molar-refractivity contribution >= 4 is 11.7 Å². The zero-order valence-electron chi connectivity index (χ0n) is 15.4. The predicted octanol–water partition coefficient (Wildman–Crippen LogP) is 6.08. The van der Waals surface area contributed by atoms with Gasteiger partial charge in [0.05, 0.1) is 6.04 Å². The van der Waals surface area contributed by atoms with Gasteiger partial charge in [-0.2, -0.15) is 0 Å². The second-order valence-electron chi connectivity index (χ2n) is 6.59. The van der Waals surface area contributed by atoms with Crippen molar-refractivity contribution in [3.8, 4) is 0 Å². The number of hydrogen-bond donors (Lipinski definition) is 2. The molecule has 3 heteroatoms. The fourth-order valence-corrected chi connectivity index (χ4v) is 2.88. The molecule has 0 fully saturated rings. The van der Waals surface area contributed by atoms with Crippen LogP contribution in [0.15, 0.2) is 54.6 Å². The van der Waals surface area contributed by atoms with Crippen molar-refractivity contribution < 1.29 is 4.79 Å². The molecule has 0 aromatic heterocycles. The first kappa shape index (κ1) is 19.0. The molecule has 0 bridgehead atoms. The summed E-state index contributed by atoms with van der Waals surface area (Å²) in [5.74, 6) is 0. The Bertz CT molecular complexity index is 622. The second-order valence-corrected chi connectivity index (χ2v) is 6.59. The molecule has 0 aliphatic carbocycles. The summed E-state index contributed by atoms with van der Waals surface area (Å²) >= 11 is 0. The molecular weight excluding hydrogens is 308 g/mol. The first-order valence-corrected chi connectivity index (χ1v) is 9.40. The highest BCUT2D eigenvalue weighted by Gasteiger charge is 2.09. The van der Waals surface area contributed by atoms with Crippen LogP contribution in [0.3, 0.4) is 0 Å². The highest BCUT2D eigenvalue weighted by Crippen LogP contribution is 2.14. The number of carbonyl (C=O) groups excluding carboxylic acids is 1. The number of hydrogen-bond acceptors (Lipinski definition) is 1. The largest absolute Gasteiger partial charge is 0.331 e.